The van der Waals surface area contributed by atoms with Crippen LogP contribution in [0.4, 0.5) is 4.79 Å². The quantitative estimate of drug-likeness (QED) is 0.613. The average molecular weight is 394 g/mol. The van der Waals surface area contributed by atoms with Crippen molar-refractivity contribution in [3.05, 3.63) is 34.9 Å². The van der Waals surface area contributed by atoms with Crippen LogP contribution < -0.4 is 5.32 Å². The Morgan fingerprint density at radius 1 is 1.33 bits per heavy atom. The van der Waals surface area contributed by atoms with Gasteiger partial charge in [0.25, 0.3) is 5.91 Å². The van der Waals surface area contributed by atoms with E-state index < -0.39 is 11.6 Å². The van der Waals surface area contributed by atoms with Gasteiger partial charge in [0.2, 0.25) is 0 Å². The zero-order valence-corrected chi connectivity index (χ0v) is 16.3. The molecule has 1 aromatic rings. The van der Waals surface area contributed by atoms with E-state index in [0.29, 0.717) is 43.1 Å². The molecule has 3 rings (SSSR count). The highest BCUT2D eigenvalue weighted by molar-refractivity contribution is 6.30. The number of hydrogen-bond donors (Lipinski definition) is 1. The Labute approximate surface area is 163 Å². The standard InChI is InChI=1S/C19H24ClN3O4/c1-3-27-16(24)13-7-9-22(10-8-13)12-23-17(25)19(2,21-18(23)26)14-5-4-6-15(20)11-14/h4-6,11,13H,3,7-10,12H2,1-2H3,(H,21,26). The highest BCUT2D eigenvalue weighted by Gasteiger charge is 2.49. The number of nitrogens with one attached hydrogen (secondary N) is 1. The van der Waals surface area contributed by atoms with Gasteiger partial charge in [0, 0.05) is 18.1 Å². The second kappa shape index (κ2) is 7.86. The number of urea groups is 1. The summed E-state index contributed by atoms with van der Waals surface area (Å²) in [4.78, 5) is 40.5. The van der Waals surface area contributed by atoms with Crippen molar-refractivity contribution in [2.45, 2.75) is 32.2 Å². The molecule has 1 N–H and O–H groups in total. The topological polar surface area (TPSA) is 79.0 Å². The summed E-state index contributed by atoms with van der Waals surface area (Å²) in [6, 6.07) is 6.52. The number of benzene rings is 1. The summed E-state index contributed by atoms with van der Waals surface area (Å²) in [5.74, 6) is -0.580. The van der Waals surface area contributed by atoms with Crippen molar-refractivity contribution in [3.63, 3.8) is 0 Å². The number of imide groups is 1. The number of likely N-dealkylation sites (tertiary alicyclic amines) is 1. The predicted molar refractivity (Wildman–Crippen MR) is 100.0 cm³/mol. The number of halogens is 1. The molecule has 0 bridgehead atoms. The number of nitrogens with zero attached hydrogens (tertiary/aromatic N) is 2. The molecule has 7 nitrogen and oxygen atoms in total. The molecule has 3 amide bonds. The van der Waals surface area contributed by atoms with E-state index in [1.54, 1.807) is 38.1 Å². The Morgan fingerprint density at radius 3 is 2.67 bits per heavy atom. The molecule has 2 fully saturated rings. The summed E-state index contributed by atoms with van der Waals surface area (Å²) >= 11 is 6.04. The van der Waals surface area contributed by atoms with Crippen molar-refractivity contribution in [1.82, 2.24) is 15.1 Å². The molecule has 0 radical (unpaired) electrons. The van der Waals surface area contributed by atoms with Crippen molar-refractivity contribution >= 4 is 29.5 Å². The van der Waals surface area contributed by atoms with Crippen molar-refractivity contribution < 1.29 is 19.1 Å². The highest BCUT2D eigenvalue weighted by atomic mass is 35.5. The fraction of sp³-hybridized carbons (Fsp3) is 0.526. The van der Waals surface area contributed by atoms with E-state index in [1.165, 1.54) is 4.90 Å². The first-order valence-corrected chi connectivity index (χ1v) is 9.52. The average Bonchev–Trinajstić information content (AvgIpc) is 2.87. The zero-order valence-electron chi connectivity index (χ0n) is 15.5. The molecule has 8 heteroatoms. The maximum Gasteiger partial charge on any atom is 0.326 e. The van der Waals surface area contributed by atoms with Gasteiger partial charge in [-0.05, 0) is 44.4 Å². The lowest BCUT2D eigenvalue weighted by Gasteiger charge is -2.32. The number of piperidine rings is 1. The lowest BCUT2D eigenvalue weighted by Crippen LogP contribution is -2.46. The van der Waals surface area contributed by atoms with Gasteiger partial charge < -0.3 is 10.1 Å². The van der Waals surface area contributed by atoms with Crippen LogP contribution in [0.5, 0.6) is 0 Å². The van der Waals surface area contributed by atoms with Crippen LogP contribution in [0.2, 0.25) is 5.02 Å². The van der Waals surface area contributed by atoms with Crippen LogP contribution in [-0.4, -0.2) is 54.1 Å². The Kier molecular flexibility index (Phi) is 5.72. The SMILES string of the molecule is CCOC(=O)C1CCN(CN2C(=O)NC(C)(c3cccc(Cl)c3)C2=O)CC1. The number of hydrogen-bond acceptors (Lipinski definition) is 5. The predicted octanol–water partition coefficient (Wildman–Crippen LogP) is 2.34. The first-order valence-electron chi connectivity index (χ1n) is 9.14. The summed E-state index contributed by atoms with van der Waals surface area (Å²) < 4.78 is 5.07. The van der Waals surface area contributed by atoms with E-state index >= 15 is 0 Å². The number of carbonyl (C=O) groups is 3. The van der Waals surface area contributed by atoms with E-state index in [9.17, 15) is 14.4 Å². The molecule has 2 saturated heterocycles. The maximum absolute atomic E-state index is 13.0. The second-order valence-electron chi connectivity index (χ2n) is 7.08. The minimum atomic E-state index is -1.13. The number of ether oxygens (including phenoxy) is 1. The third-order valence-corrected chi connectivity index (χ3v) is 5.46. The Balaban J connectivity index is 1.64. The normalized spacial score (nSPS) is 24.2. The van der Waals surface area contributed by atoms with Crippen LogP contribution in [0.25, 0.3) is 0 Å². The van der Waals surface area contributed by atoms with E-state index in [0.717, 1.165) is 0 Å². The molecule has 0 spiro atoms. The van der Waals surface area contributed by atoms with Gasteiger partial charge in [0.05, 0.1) is 19.2 Å². The number of esters is 1. The van der Waals surface area contributed by atoms with E-state index in [2.05, 4.69) is 5.32 Å². The first-order chi connectivity index (χ1) is 12.8. The lowest BCUT2D eigenvalue weighted by molar-refractivity contribution is -0.150. The number of rotatable bonds is 5. The molecule has 1 atom stereocenters. The smallest absolute Gasteiger partial charge is 0.326 e. The largest absolute Gasteiger partial charge is 0.466 e. The number of carbonyl (C=O) groups excluding carboxylic acids is 3. The van der Waals surface area contributed by atoms with Crippen LogP contribution in [0.15, 0.2) is 24.3 Å². The Hall–Kier alpha value is -2.12. The van der Waals surface area contributed by atoms with Gasteiger partial charge >= 0.3 is 12.0 Å². The van der Waals surface area contributed by atoms with Crippen molar-refractivity contribution in [1.29, 1.82) is 0 Å². The van der Waals surface area contributed by atoms with Gasteiger partial charge in [0.15, 0.2) is 0 Å². The summed E-state index contributed by atoms with van der Waals surface area (Å²) in [5, 5.41) is 3.29. The summed E-state index contributed by atoms with van der Waals surface area (Å²) in [7, 11) is 0. The van der Waals surface area contributed by atoms with Gasteiger partial charge in [-0.15, -0.1) is 0 Å². The molecule has 146 valence electrons. The fourth-order valence-electron chi connectivity index (χ4n) is 3.59. The Bertz CT molecular complexity index is 748. The van der Waals surface area contributed by atoms with Crippen molar-refractivity contribution in [2.75, 3.05) is 26.4 Å². The lowest BCUT2D eigenvalue weighted by atomic mass is 9.92. The summed E-state index contributed by atoms with van der Waals surface area (Å²) in [6.45, 7) is 5.33. The molecule has 0 aromatic heterocycles. The maximum atomic E-state index is 13.0. The molecule has 1 unspecified atom stereocenters. The summed E-state index contributed by atoms with van der Waals surface area (Å²) in [5.41, 5.74) is -0.484. The molecule has 2 heterocycles. The monoisotopic (exact) mass is 393 g/mol. The minimum absolute atomic E-state index is 0.110. The molecule has 0 saturated carbocycles. The highest BCUT2D eigenvalue weighted by Crippen LogP contribution is 2.31. The molecule has 27 heavy (non-hydrogen) atoms. The van der Waals surface area contributed by atoms with Gasteiger partial charge in [-0.2, -0.15) is 0 Å². The fourth-order valence-corrected chi connectivity index (χ4v) is 3.78. The van der Waals surface area contributed by atoms with Crippen LogP contribution >= 0.6 is 11.6 Å². The van der Waals surface area contributed by atoms with E-state index in [1.807, 2.05) is 4.90 Å². The number of amides is 3. The van der Waals surface area contributed by atoms with Crippen LogP contribution in [0.3, 0.4) is 0 Å². The van der Waals surface area contributed by atoms with Crippen LogP contribution in [-0.2, 0) is 19.9 Å². The summed E-state index contributed by atoms with van der Waals surface area (Å²) in [6.07, 6.45) is 1.32. The molecular formula is C19H24ClN3O4. The zero-order chi connectivity index (χ0) is 19.6. The third kappa shape index (κ3) is 3.94. The minimum Gasteiger partial charge on any atom is -0.466 e. The molecule has 2 aliphatic rings. The van der Waals surface area contributed by atoms with Gasteiger partial charge in [0.1, 0.15) is 5.54 Å². The van der Waals surface area contributed by atoms with Crippen molar-refractivity contribution in [2.24, 2.45) is 5.92 Å². The van der Waals surface area contributed by atoms with Crippen LogP contribution in [0.1, 0.15) is 32.3 Å². The second-order valence-corrected chi connectivity index (χ2v) is 7.52. The van der Waals surface area contributed by atoms with Crippen molar-refractivity contribution in [3.8, 4) is 0 Å². The molecular weight excluding hydrogens is 370 g/mol. The molecule has 0 aliphatic carbocycles. The van der Waals surface area contributed by atoms with E-state index in [4.69, 9.17) is 16.3 Å². The molecule has 1 aromatic carbocycles. The van der Waals surface area contributed by atoms with Gasteiger partial charge in [-0.25, -0.2) is 9.69 Å². The van der Waals surface area contributed by atoms with Crippen LogP contribution in [0, 0.1) is 5.92 Å². The van der Waals surface area contributed by atoms with E-state index in [-0.39, 0.29) is 24.5 Å². The first kappa shape index (κ1) is 19.6. The molecule has 2 aliphatic heterocycles. The van der Waals surface area contributed by atoms with Gasteiger partial charge in [-0.1, -0.05) is 23.7 Å². The van der Waals surface area contributed by atoms with Gasteiger partial charge in [-0.3, -0.25) is 14.5 Å². The third-order valence-electron chi connectivity index (χ3n) is 5.23. The Morgan fingerprint density at radius 2 is 2.04 bits per heavy atom.